The van der Waals surface area contributed by atoms with E-state index in [1.807, 2.05) is 0 Å². The van der Waals surface area contributed by atoms with Crippen molar-refractivity contribution in [2.24, 2.45) is 0 Å². The van der Waals surface area contributed by atoms with Gasteiger partial charge in [0, 0.05) is 11.3 Å². The summed E-state index contributed by atoms with van der Waals surface area (Å²) in [6.07, 6.45) is 0. The summed E-state index contributed by atoms with van der Waals surface area (Å²) in [7, 11) is 1.32. The minimum atomic E-state index is -0.444. The van der Waals surface area contributed by atoms with Crippen LogP contribution < -0.4 is 5.32 Å². The summed E-state index contributed by atoms with van der Waals surface area (Å²) in [4.78, 5) is 20.9. The quantitative estimate of drug-likeness (QED) is 0.724. The molecule has 0 aliphatic carbocycles. The van der Waals surface area contributed by atoms with Crippen molar-refractivity contribution in [3.05, 3.63) is 66.1 Å². The normalized spacial score (nSPS) is 10.5. The minimum Gasteiger partial charge on any atom is -0.465 e. The molecule has 0 amide bonds. The van der Waals surface area contributed by atoms with Crippen molar-refractivity contribution < 1.29 is 13.9 Å². The summed E-state index contributed by atoms with van der Waals surface area (Å²) in [5, 5.41) is 3.06. The number of hydrogen-bond donors (Lipinski definition) is 1. The van der Waals surface area contributed by atoms with Crippen LogP contribution in [0.3, 0.4) is 0 Å². The third kappa shape index (κ3) is 3.47. The van der Waals surface area contributed by atoms with Crippen LogP contribution in [0.25, 0.3) is 22.3 Å². The molecular weight excluding hydrogens is 321 g/mol. The Morgan fingerprint density at radius 3 is 2.48 bits per heavy atom. The van der Waals surface area contributed by atoms with Gasteiger partial charge in [0.15, 0.2) is 5.82 Å². The zero-order valence-corrected chi connectivity index (χ0v) is 13.8. The van der Waals surface area contributed by atoms with Crippen LogP contribution in [0, 0.1) is 5.82 Å². The summed E-state index contributed by atoms with van der Waals surface area (Å²) >= 11 is 0. The first-order chi connectivity index (χ1) is 12.0. The summed E-state index contributed by atoms with van der Waals surface area (Å²) in [5.74, 6) is -0.288. The number of benzene rings is 2. The van der Waals surface area contributed by atoms with Gasteiger partial charge in [0.1, 0.15) is 11.5 Å². The number of allylic oxidation sites excluding steroid dienone is 1. The molecule has 3 rings (SSSR count). The largest absolute Gasteiger partial charge is 0.465 e. The summed E-state index contributed by atoms with van der Waals surface area (Å²) in [6.45, 7) is 5.62. The molecule has 0 spiro atoms. The Bertz CT molecular complexity index is 968. The molecular formula is C19H16FN3O2. The Kier molecular flexibility index (Phi) is 4.43. The number of fused-ring (bicyclic) bond motifs is 1. The highest BCUT2D eigenvalue weighted by Gasteiger charge is 2.13. The van der Waals surface area contributed by atoms with Crippen LogP contribution in [-0.4, -0.2) is 23.0 Å². The van der Waals surface area contributed by atoms with E-state index in [0.717, 1.165) is 5.56 Å². The number of anilines is 1. The fourth-order valence-electron chi connectivity index (χ4n) is 2.40. The highest BCUT2D eigenvalue weighted by atomic mass is 19.1. The van der Waals surface area contributed by atoms with Crippen molar-refractivity contribution in [3.63, 3.8) is 0 Å². The number of nitrogens with one attached hydrogen (secondary N) is 1. The molecule has 1 aromatic heterocycles. The molecule has 6 heteroatoms. The summed E-state index contributed by atoms with van der Waals surface area (Å²) < 4.78 is 17.9. The second-order valence-electron chi connectivity index (χ2n) is 5.53. The molecule has 0 aliphatic rings. The van der Waals surface area contributed by atoms with Gasteiger partial charge in [0.25, 0.3) is 0 Å². The fourth-order valence-corrected chi connectivity index (χ4v) is 2.40. The van der Waals surface area contributed by atoms with E-state index in [1.54, 1.807) is 37.3 Å². The SMILES string of the molecule is C=C(C)Nc1nc2cc(C(=O)OC)ccc2nc1-c1ccc(F)cc1. The van der Waals surface area contributed by atoms with E-state index in [9.17, 15) is 9.18 Å². The lowest BCUT2D eigenvalue weighted by atomic mass is 10.1. The molecule has 2 aromatic carbocycles. The molecule has 0 atom stereocenters. The van der Waals surface area contributed by atoms with Gasteiger partial charge in [-0.25, -0.2) is 19.2 Å². The van der Waals surface area contributed by atoms with Crippen LogP contribution in [0.1, 0.15) is 17.3 Å². The zero-order chi connectivity index (χ0) is 18.0. The smallest absolute Gasteiger partial charge is 0.337 e. The van der Waals surface area contributed by atoms with Crippen molar-refractivity contribution in [1.82, 2.24) is 9.97 Å². The number of ether oxygens (including phenoxy) is 1. The van der Waals surface area contributed by atoms with E-state index >= 15 is 0 Å². The first-order valence-electron chi connectivity index (χ1n) is 7.56. The number of carbonyl (C=O) groups is 1. The molecule has 0 saturated carbocycles. The molecule has 0 fully saturated rings. The second-order valence-corrected chi connectivity index (χ2v) is 5.53. The van der Waals surface area contributed by atoms with Gasteiger partial charge >= 0.3 is 5.97 Å². The second kappa shape index (κ2) is 6.68. The Balaban J connectivity index is 2.19. The molecule has 1 N–H and O–H groups in total. The number of aromatic nitrogens is 2. The maximum atomic E-state index is 13.2. The lowest BCUT2D eigenvalue weighted by molar-refractivity contribution is 0.0601. The van der Waals surface area contributed by atoms with Crippen LogP contribution in [0.2, 0.25) is 0 Å². The highest BCUT2D eigenvalue weighted by Crippen LogP contribution is 2.28. The third-order valence-electron chi connectivity index (χ3n) is 3.53. The van der Waals surface area contributed by atoms with E-state index in [4.69, 9.17) is 4.74 Å². The van der Waals surface area contributed by atoms with Gasteiger partial charge in [-0.1, -0.05) is 6.58 Å². The first kappa shape index (κ1) is 16.6. The van der Waals surface area contributed by atoms with E-state index in [-0.39, 0.29) is 5.82 Å². The molecule has 0 bridgehead atoms. The molecule has 25 heavy (non-hydrogen) atoms. The molecule has 0 unspecified atom stereocenters. The molecule has 0 radical (unpaired) electrons. The van der Waals surface area contributed by atoms with Crippen LogP contribution in [0.5, 0.6) is 0 Å². The van der Waals surface area contributed by atoms with E-state index in [1.165, 1.54) is 19.2 Å². The van der Waals surface area contributed by atoms with Gasteiger partial charge in [-0.2, -0.15) is 0 Å². The zero-order valence-electron chi connectivity index (χ0n) is 13.8. The summed E-state index contributed by atoms with van der Waals surface area (Å²) in [5.41, 5.74) is 3.51. The number of nitrogens with zero attached hydrogens (tertiary/aromatic N) is 2. The first-order valence-corrected chi connectivity index (χ1v) is 7.56. The molecule has 3 aromatic rings. The van der Waals surface area contributed by atoms with Crippen molar-refractivity contribution in [2.75, 3.05) is 12.4 Å². The van der Waals surface area contributed by atoms with Crippen molar-refractivity contribution in [3.8, 4) is 11.3 Å². The molecule has 1 heterocycles. The maximum absolute atomic E-state index is 13.2. The molecule has 0 aliphatic heterocycles. The van der Waals surface area contributed by atoms with Crippen LogP contribution in [0.4, 0.5) is 10.2 Å². The average Bonchev–Trinajstić information content (AvgIpc) is 2.60. The molecule has 126 valence electrons. The number of halogens is 1. The van der Waals surface area contributed by atoms with Gasteiger partial charge in [-0.3, -0.25) is 0 Å². The van der Waals surface area contributed by atoms with Crippen LogP contribution in [-0.2, 0) is 4.74 Å². The Morgan fingerprint density at radius 2 is 1.84 bits per heavy atom. The standard InChI is InChI=1S/C19H16FN3O2/c1-11(2)21-18-17(12-4-7-14(20)8-5-12)22-15-9-6-13(19(24)25-3)10-16(15)23-18/h4-10H,1H2,2-3H3,(H,21,23). The van der Waals surface area contributed by atoms with Gasteiger partial charge in [0.2, 0.25) is 0 Å². The fraction of sp³-hybridized carbons (Fsp3) is 0.105. The number of rotatable bonds is 4. The molecule has 0 saturated heterocycles. The predicted molar refractivity (Wildman–Crippen MR) is 94.7 cm³/mol. The summed E-state index contributed by atoms with van der Waals surface area (Å²) in [6, 6.07) is 11.0. The topological polar surface area (TPSA) is 64.1 Å². The van der Waals surface area contributed by atoms with Crippen molar-refractivity contribution >= 4 is 22.8 Å². The highest BCUT2D eigenvalue weighted by molar-refractivity contribution is 5.94. The molecule has 5 nitrogen and oxygen atoms in total. The maximum Gasteiger partial charge on any atom is 0.337 e. The van der Waals surface area contributed by atoms with E-state index in [2.05, 4.69) is 21.9 Å². The Hall–Kier alpha value is -3.28. The van der Waals surface area contributed by atoms with Crippen molar-refractivity contribution in [2.45, 2.75) is 6.92 Å². The monoisotopic (exact) mass is 337 g/mol. The van der Waals surface area contributed by atoms with Gasteiger partial charge < -0.3 is 10.1 Å². The van der Waals surface area contributed by atoms with Gasteiger partial charge in [0.05, 0.1) is 23.7 Å². The number of hydrogen-bond acceptors (Lipinski definition) is 5. The minimum absolute atomic E-state index is 0.324. The van der Waals surface area contributed by atoms with Gasteiger partial charge in [-0.05, 0) is 49.4 Å². The number of methoxy groups -OCH3 is 1. The number of esters is 1. The lowest BCUT2D eigenvalue weighted by Crippen LogP contribution is -2.04. The Morgan fingerprint density at radius 1 is 1.12 bits per heavy atom. The van der Waals surface area contributed by atoms with E-state index in [0.29, 0.717) is 33.8 Å². The van der Waals surface area contributed by atoms with E-state index < -0.39 is 5.97 Å². The third-order valence-corrected chi connectivity index (χ3v) is 3.53. The van der Waals surface area contributed by atoms with Gasteiger partial charge in [-0.15, -0.1) is 0 Å². The van der Waals surface area contributed by atoms with Crippen molar-refractivity contribution in [1.29, 1.82) is 0 Å². The Labute approximate surface area is 144 Å². The lowest BCUT2D eigenvalue weighted by Gasteiger charge is -2.12. The predicted octanol–water partition coefficient (Wildman–Crippen LogP) is 4.17. The number of carbonyl (C=O) groups excluding carboxylic acids is 1. The average molecular weight is 337 g/mol. The van der Waals surface area contributed by atoms with Crippen LogP contribution >= 0.6 is 0 Å². The van der Waals surface area contributed by atoms with Crippen LogP contribution in [0.15, 0.2) is 54.7 Å².